The molecule has 1 saturated heterocycles. The Kier molecular flexibility index (Phi) is 7.76. The number of fused-ring (bicyclic) bond motifs is 1. The second-order valence-electron chi connectivity index (χ2n) is 8.68. The van der Waals surface area contributed by atoms with Crippen molar-refractivity contribution in [2.75, 3.05) is 19.8 Å². The number of imide groups is 1. The molecule has 1 N–H and O–H groups in total. The van der Waals surface area contributed by atoms with Crippen LogP contribution >= 0.6 is 0 Å². The summed E-state index contributed by atoms with van der Waals surface area (Å²) in [4.78, 5) is 36.7. The largest absolute Gasteiger partial charge is 0.490 e. The highest BCUT2D eigenvalue weighted by Crippen LogP contribution is 2.53. The summed E-state index contributed by atoms with van der Waals surface area (Å²) in [6.45, 7) is 3.75. The van der Waals surface area contributed by atoms with E-state index < -0.39 is 54.0 Å². The van der Waals surface area contributed by atoms with Gasteiger partial charge in [-0.2, -0.15) is 26.3 Å². The number of alkyl halides is 6. The molecular formula is C25H23F6N5O4. The standard InChI is InChI=1S/C25H23F6N5O4/c1-3-39-16-6-5-14(13-17(16)40-4-2)9-12-36-20-18(21(37)34-22(36)38)23(24(26,27)28,25(29,30)31)35-19(33-20)15-7-10-32-11-8-15/h5-8,10-11,13,18H,3-4,9,12H2,1-2H3,(H,34,37,38). The summed E-state index contributed by atoms with van der Waals surface area (Å²) in [7, 11) is 0. The minimum Gasteiger partial charge on any atom is -0.490 e. The van der Waals surface area contributed by atoms with Crippen molar-refractivity contribution in [3.05, 3.63) is 53.9 Å². The first-order valence-electron chi connectivity index (χ1n) is 12.1. The number of rotatable bonds is 8. The van der Waals surface area contributed by atoms with Crippen LogP contribution in [0.2, 0.25) is 0 Å². The number of ether oxygens (including phenoxy) is 2. The number of amides is 3. The van der Waals surface area contributed by atoms with Gasteiger partial charge in [-0.15, -0.1) is 0 Å². The maximum atomic E-state index is 14.4. The van der Waals surface area contributed by atoms with E-state index in [0.29, 0.717) is 35.2 Å². The van der Waals surface area contributed by atoms with E-state index in [1.54, 1.807) is 37.4 Å². The van der Waals surface area contributed by atoms with E-state index in [0.717, 1.165) is 24.5 Å². The van der Waals surface area contributed by atoms with Crippen molar-refractivity contribution in [3.8, 4) is 11.5 Å². The predicted octanol–water partition coefficient (Wildman–Crippen LogP) is 4.31. The van der Waals surface area contributed by atoms with Gasteiger partial charge in [0.2, 0.25) is 5.91 Å². The lowest BCUT2D eigenvalue weighted by molar-refractivity contribution is -0.302. The van der Waals surface area contributed by atoms with Crippen LogP contribution in [0.5, 0.6) is 11.5 Å². The van der Waals surface area contributed by atoms with Gasteiger partial charge in [0.05, 0.1) is 13.2 Å². The number of hydrogen-bond donors (Lipinski definition) is 1. The second-order valence-corrected chi connectivity index (χ2v) is 8.68. The zero-order valence-corrected chi connectivity index (χ0v) is 21.1. The lowest BCUT2D eigenvalue weighted by Gasteiger charge is -2.45. The van der Waals surface area contributed by atoms with Gasteiger partial charge < -0.3 is 9.47 Å². The molecule has 0 spiro atoms. The first kappa shape index (κ1) is 28.8. The molecule has 0 radical (unpaired) electrons. The lowest BCUT2D eigenvalue weighted by Crippen LogP contribution is -2.73. The van der Waals surface area contributed by atoms with Crippen LogP contribution in [-0.4, -0.2) is 71.1 Å². The van der Waals surface area contributed by atoms with E-state index in [9.17, 15) is 35.9 Å². The Balaban J connectivity index is 1.80. The molecule has 4 rings (SSSR count). The summed E-state index contributed by atoms with van der Waals surface area (Å²) < 4.78 is 97.5. The minimum atomic E-state index is -6.08. The number of aromatic nitrogens is 1. The van der Waals surface area contributed by atoms with Gasteiger partial charge in [-0.05, 0) is 50.1 Å². The van der Waals surface area contributed by atoms with E-state index in [4.69, 9.17) is 9.47 Å². The molecule has 3 heterocycles. The molecule has 1 aromatic carbocycles. The van der Waals surface area contributed by atoms with E-state index in [-0.39, 0.29) is 12.0 Å². The number of urea groups is 1. The number of nitrogens with one attached hydrogen (secondary N) is 1. The predicted molar refractivity (Wildman–Crippen MR) is 129 cm³/mol. The number of hydrogen-bond acceptors (Lipinski definition) is 7. The highest BCUT2D eigenvalue weighted by Gasteiger charge is 2.79. The number of aliphatic imine (C=N–C) groups is 2. The maximum Gasteiger partial charge on any atom is 0.423 e. The van der Waals surface area contributed by atoms with Crippen LogP contribution in [-0.2, 0) is 11.2 Å². The van der Waals surface area contributed by atoms with Crippen molar-refractivity contribution in [1.29, 1.82) is 0 Å². The van der Waals surface area contributed by atoms with Crippen LogP contribution in [0.3, 0.4) is 0 Å². The van der Waals surface area contributed by atoms with Gasteiger partial charge in [0.25, 0.3) is 5.54 Å². The zero-order chi connectivity index (χ0) is 29.3. The SMILES string of the molecule is CCOc1ccc(CCN2C(=O)NC(=O)C3C2=NC(c2ccncc2)=NC3(C(F)(F)F)C(F)(F)F)cc1OCC. The Bertz CT molecular complexity index is 1330. The summed E-state index contributed by atoms with van der Waals surface area (Å²) in [6, 6.07) is 5.80. The first-order chi connectivity index (χ1) is 18.8. The van der Waals surface area contributed by atoms with Crippen molar-refractivity contribution < 1.29 is 45.4 Å². The Hall–Kier alpha value is -4.17. The van der Waals surface area contributed by atoms with E-state index >= 15 is 0 Å². The summed E-state index contributed by atoms with van der Waals surface area (Å²) in [5, 5.41) is 1.62. The van der Waals surface area contributed by atoms with Crippen molar-refractivity contribution in [2.45, 2.75) is 38.2 Å². The van der Waals surface area contributed by atoms with Gasteiger partial charge >= 0.3 is 18.4 Å². The maximum absolute atomic E-state index is 14.4. The fourth-order valence-corrected chi connectivity index (χ4v) is 4.44. The topological polar surface area (TPSA) is 105 Å². The van der Waals surface area contributed by atoms with Gasteiger partial charge in [0, 0.05) is 24.5 Å². The van der Waals surface area contributed by atoms with Crippen LogP contribution < -0.4 is 14.8 Å². The fourth-order valence-electron chi connectivity index (χ4n) is 4.44. The quantitative estimate of drug-likeness (QED) is 0.476. The highest BCUT2D eigenvalue weighted by molar-refractivity contribution is 6.23. The minimum absolute atomic E-state index is 0.0351. The van der Waals surface area contributed by atoms with Gasteiger partial charge in [-0.25, -0.2) is 14.8 Å². The van der Waals surface area contributed by atoms with Crippen LogP contribution in [0.1, 0.15) is 25.0 Å². The third-order valence-electron chi connectivity index (χ3n) is 6.23. The Morgan fingerprint density at radius 2 is 1.57 bits per heavy atom. The molecule has 0 bridgehead atoms. The van der Waals surface area contributed by atoms with Crippen molar-refractivity contribution in [3.63, 3.8) is 0 Å². The average molecular weight is 571 g/mol. The summed E-state index contributed by atoms with van der Waals surface area (Å²) in [5.41, 5.74) is -4.59. The zero-order valence-electron chi connectivity index (χ0n) is 21.1. The molecule has 3 amide bonds. The number of amidine groups is 2. The molecule has 2 aliphatic rings. The number of nitrogens with zero attached hydrogens (tertiary/aromatic N) is 4. The molecule has 0 saturated carbocycles. The van der Waals surface area contributed by atoms with E-state index in [2.05, 4.69) is 15.0 Å². The summed E-state index contributed by atoms with van der Waals surface area (Å²) in [5.74, 6) is -5.98. The monoisotopic (exact) mass is 571 g/mol. The van der Waals surface area contributed by atoms with Crippen LogP contribution in [0.25, 0.3) is 0 Å². The van der Waals surface area contributed by atoms with E-state index in [1.165, 1.54) is 0 Å². The number of halogens is 6. The van der Waals surface area contributed by atoms with Gasteiger partial charge in [-0.3, -0.25) is 20.0 Å². The number of pyridine rings is 1. The van der Waals surface area contributed by atoms with Crippen LogP contribution in [0.4, 0.5) is 31.1 Å². The van der Waals surface area contributed by atoms with Crippen molar-refractivity contribution >= 4 is 23.6 Å². The van der Waals surface area contributed by atoms with Gasteiger partial charge in [0.15, 0.2) is 17.3 Å². The van der Waals surface area contributed by atoms with Gasteiger partial charge in [0.1, 0.15) is 11.8 Å². The molecule has 15 heteroatoms. The summed E-state index contributed by atoms with van der Waals surface area (Å²) >= 11 is 0. The molecule has 1 atom stereocenters. The molecule has 1 fully saturated rings. The van der Waals surface area contributed by atoms with Crippen LogP contribution in [0.15, 0.2) is 52.7 Å². The molecular weight excluding hydrogens is 548 g/mol. The Labute approximate surface area is 223 Å². The van der Waals surface area contributed by atoms with Crippen LogP contribution in [0, 0.1) is 5.92 Å². The third-order valence-corrected chi connectivity index (χ3v) is 6.23. The molecule has 2 aromatic rings. The first-order valence-corrected chi connectivity index (χ1v) is 12.1. The smallest absolute Gasteiger partial charge is 0.423 e. The lowest BCUT2D eigenvalue weighted by atomic mass is 9.78. The van der Waals surface area contributed by atoms with E-state index in [1.807, 2.05) is 0 Å². The number of carbonyl (C=O) groups is 2. The molecule has 0 aliphatic carbocycles. The van der Waals surface area contributed by atoms with Crippen molar-refractivity contribution in [1.82, 2.24) is 15.2 Å². The number of benzene rings is 1. The molecule has 9 nitrogen and oxygen atoms in total. The molecule has 1 unspecified atom stereocenters. The number of carbonyl (C=O) groups excluding carboxylic acids is 2. The summed E-state index contributed by atoms with van der Waals surface area (Å²) in [6.07, 6.45) is -9.94. The molecule has 214 valence electrons. The highest BCUT2D eigenvalue weighted by atomic mass is 19.4. The fraction of sp³-hybridized carbons (Fsp3) is 0.400. The van der Waals surface area contributed by atoms with Crippen molar-refractivity contribution in [2.24, 2.45) is 15.9 Å². The average Bonchev–Trinajstić information content (AvgIpc) is 2.88. The third kappa shape index (κ3) is 5.07. The Morgan fingerprint density at radius 1 is 0.950 bits per heavy atom. The second kappa shape index (κ2) is 10.8. The molecule has 40 heavy (non-hydrogen) atoms. The normalized spacial score (nSPS) is 18.9. The molecule has 2 aliphatic heterocycles. The molecule has 1 aromatic heterocycles. The Morgan fingerprint density at radius 3 is 2.17 bits per heavy atom. The van der Waals surface area contributed by atoms with Gasteiger partial charge in [-0.1, -0.05) is 6.07 Å².